The van der Waals surface area contributed by atoms with E-state index in [9.17, 15) is 14.4 Å². The third-order valence-electron chi connectivity index (χ3n) is 9.77. The third-order valence-corrected chi connectivity index (χ3v) is 11.1. The molecule has 3 aromatic rings. The van der Waals surface area contributed by atoms with Gasteiger partial charge in [-0.25, -0.2) is 0 Å². The summed E-state index contributed by atoms with van der Waals surface area (Å²) in [7, 11) is 0. The van der Waals surface area contributed by atoms with Crippen LogP contribution in [0, 0.1) is 5.92 Å². The number of nitrogens with one attached hydrogen (secondary N) is 3. The summed E-state index contributed by atoms with van der Waals surface area (Å²) in [5.41, 5.74) is 0.392. The van der Waals surface area contributed by atoms with Crippen LogP contribution in [0.1, 0.15) is 67.5 Å². The lowest BCUT2D eigenvalue weighted by atomic mass is 9.93. The van der Waals surface area contributed by atoms with Gasteiger partial charge in [0.15, 0.2) is 5.76 Å². The zero-order valence-corrected chi connectivity index (χ0v) is 27.3. The molecule has 0 bridgehead atoms. The minimum Gasteiger partial charge on any atom is -0.451 e. The van der Waals surface area contributed by atoms with E-state index in [0.717, 1.165) is 49.7 Å². The molecular formula is C35H43ClN4O4S. The number of thioether (sulfide) groups is 1. The first-order valence-electron chi connectivity index (χ1n) is 16.3. The van der Waals surface area contributed by atoms with Crippen molar-refractivity contribution in [2.24, 2.45) is 5.92 Å². The summed E-state index contributed by atoms with van der Waals surface area (Å²) in [6.07, 6.45) is 7.67. The van der Waals surface area contributed by atoms with Crippen LogP contribution in [-0.4, -0.2) is 71.4 Å². The minimum absolute atomic E-state index is 0.123. The molecule has 0 radical (unpaired) electrons. The lowest BCUT2D eigenvalue weighted by Crippen LogP contribution is -2.61. The molecule has 240 valence electrons. The van der Waals surface area contributed by atoms with Crippen molar-refractivity contribution < 1.29 is 18.8 Å². The van der Waals surface area contributed by atoms with Gasteiger partial charge in [-0.15, -0.1) is 0 Å². The molecule has 1 atom stereocenters. The Hall–Kier alpha value is -3.01. The Balaban J connectivity index is 1.10. The van der Waals surface area contributed by atoms with Gasteiger partial charge in [0.2, 0.25) is 11.8 Å². The molecule has 3 amide bonds. The number of carbonyl (C=O) groups excluding carboxylic acids is 3. The van der Waals surface area contributed by atoms with E-state index in [1.807, 2.05) is 30.3 Å². The Kier molecular flexibility index (Phi) is 10.4. The number of likely N-dealkylation sites (tertiary alicyclic amines) is 1. The molecule has 1 saturated carbocycles. The number of carbonyl (C=O) groups is 3. The highest BCUT2D eigenvalue weighted by Gasteiger charge is 2.44. The quantitative estimate of drug-likeness (QED) is 0.265. The Labute approximate surface area is 274 Å². The molecule has 1 aromatic heterocycles. The van der Waals surface area contributed by atoms with E-state index in [0.29, 0.717) is 48.4 Å². The standard InChI is InChI=1S/C35H43ClN4O4S/c36-27-8-9-30-26(21-27)22-31(44-30)33(42)39-35(14-4-5-15-35)34(43)38-29(20-24-6-2-1-3-7-24)32(41)37-23-25-10-16-40(17-11-25)28-12-18-45-19-13-28/h1-3,6-9,21-22,25,28-29H,4-5,10-20,23H2,(H,37,41)(H,38,43)(H,39,42)/t29-/m1/s1. The van der Waals surface area contributed by atoms with Crippen molar-refractivity contribution in [2.45, 2.75) is 75.4 Å². The Morgan fingerprint density at radius 2 is 1.71 bits per heavy atom. The smallest absolute Gasteiger partial charge is 0.287 e. The Bertz CT molecular complexity index is 1480. The summed E-state index contributed by atoms with van der Waals surface area (Å²) < 4.78 is 5.78. The second-order valence-corrected chi connectivity index (χ2v) is 14.5. The predicted molar refractivity (Wildman–Crippen MR) is 180 cm³/mol. The van der Waals surface area contributed by atoms with Gasteiger partial charge in [-0.3, -0.25) is 14.4 Å². The van der Waals surface area contributed by atoms with Crippen molar-refractivity contribution >= 4 is 52.1 Å². The molecule has 2 aliphatic heterocycles. The molecule has 3 fully saturated rings. The summed E-state index contributed by atoms with van der Waals surface area (Å²) in [6.45, 7) is 2.77. The number of benzene rings is 2. The topological polar surface area (TPSA) is 104 Å². The van der Waals surface area contributed by atoms with E-state index >= 15 is 0 Å². The first-order valence-corrected chi connectivity index (χ1v) is 17.9. The lowest BCUT2D eigenvalue weighted by molar-refractivity contribution is -0.132. The Morgan fingerprint density at radius 1 is 0.978 bits per heavy atom. The maximum Gasteiger partial charge on any atom is 0.287 e. The molecule has 3 N–H and O–H groups in total. The zero-order valence-electron chi connectivity index (χ0n) is 25.7. The van der Waals surface area contributed by atoms with Crippen molar-refractivity contribution in [3.63, 3.8) is 0 Å². The summed E-state index contributed by atoms with van der Waals surface area (Å²) >= 11 is 8.17. The van der Waals surface area contributed by atoms with E-state index in [-0.39, 0.29) is 17.6 Å². The average molecular weight is 651 g/mol. The van der Waals surface area contributed by atoms with E-state index in [1.54, 1.807) is 24.3 Å². The minimum atomic E-state index is -1.12. The van der Waals surface area contributed by atoms with Crippen LogP contribution < -0.4 is 16.0 Å². The van der Waals surface area contributed by atoms with Gasteiger partial charge in [-0.2, -0.15) is 11.8 Å². The summed E-state index contributed by atoms with van der Waals surface area (Å²) in [5, 5.41) is 10.5. The number of amides is 3. The number of fused-ring (bicyclic) bond motifs is 1. The number of hydrogen-bond donors (Lipinski definition) is 3. The molecule has 2 aromatic carbocycles. The van der Waals surface area contributed by atoms with Crippen LogP contribution in [-0.2, 0) is 16.0 Å². The van der Waals surface area contributed by atoms with Crippen LogP contribution in [0.25, 0.3) is 11.0 Å². The molecule has 1 aliphatic carbocycles. The van der Waals surface area contributed by atoms with Crippen LogP contribution in [0.3, 0.4) is 0 Å². The van der Waals surface area contributed by atoms with E-state index in [2.05, 4.69) is 32.6 Å². The van der Waals surface area contributed by atoms with Gasteiger partial charge in [0.1, 0.15) is 17.2 Å². The van der Waals surface area contributed by atoms with Crippen LogP contribution in [0.15, 0.2) is 59.0 Å². The number of furan rings is 1. The first kappa shape index (κ1) is 32.0. The van der Waals surface area contributed by atoms with Gasteiger partial charge in [-0.1, -0.05) is 54.8 Å². The van der Waals surface area contributed by atoms with E-state index in [1.165, 1.54) is 24.3 Å². The largest absolute Gasteiger partial charge is 0.451 e. The van der Waals surface area contributed by atoms with Crippen molar-refractivity contribution in [2.75, 3.05) is 31.1 Å². The van der Waals surface area contributed by atoms with Gasteiger partial charge >= 0.3 is 0 Å². The summed E-state index contributed by atoms with van der Waals surface area (Å²) in [5.74, 6) is 2.09. The molecule has 10 heteroatoms. The number of nitrogens with zero attached hydrogens (tertiary/aromatic N) is 1. The fourth-order valence-corrected chi connectivity index (χ4v) is 8.35. The predicted octanol–water partition coefficient (Wildman–Crippen LogP) is 5.58. The number of piperidine rings is 1. The maximum absolute atomic E-state index is 14.0. The number of rotatable bonds is 10. The van der Waals surface area contributed by atoms with Crippen LogP contribution >= 0.6 is 23.4 Å². The van der Waals surface area contributed by atoms with Gasteiger partial charge in [0, 0.05) is 29.4 Å². The molecule has 8 nitrogen and oxygen atoms in total. The van der Waals surface area contributed by atoms with Crippen molar-refractivity contribution in [3.8, 4) is 0 Å². The fraction of sp³-hybridized carbons (Fsp3) is 0.514. The van der Waals surface area contributed by atoms with Crippen LogP contribution in [0.4, 0.5) is 0 Å². The highest BCUT2D eigenvalue weighted by Crippen LogP contribution is 2.32. The molecular weight excluding hydrogens is 608 g/mol. The molecule has 6 rings (SSSR count). The Morgan fingerprint density at radius 3 is 2.44 bits per heavy atom. The van der Waals surface area contributed by atoms with Gasteiger partial charge < -0.3 is 25.3 Å². The molecule has 2 saturated heterocycles. The molecule has 3 heterocycles. The molecule has 0 spiro atoms. The van der Waals surface area contributed by atoms with Crippen molar-refractivity contribution in [3.05, 3.63) is 70.9 Å². The molecule has 3 aliphatic rings. The highest BCUT2D eigenvalue weighted by atomic mass is 35.5. The average Bonchev–Trinajstić information content (AvgIpc) is 3.72. The fourth-order valence-electron chi connectivity index (χ4n) is 7.09. The second kappa shape index (κ2) is 14.6. The zero-order chi connectivity index (χ0) is 31.2. The summed E-state index contributed by atoms with van der Waals surface area (Å²) in [4.78, 5) is 43.7. The number of hydrogen-bond acceptors (Lipinski definition) is 6. The number of halogens is 1. The van der Waals surface area contributed by atoms with Crippen molar-refractivity contribution in [1.29, 1.82) is 0 Å². The van der Waals surface area contributed by atoms with Crippen LogP contribution in [0.2, 0.25) is 5.02 Å². The van der Waals surface area contributed by atoms with Crippen molar-refractivity contribution in [1.82, 2.24) is 20.9 Å². The normalized spacial score (nSPS) is 20.1. The lowest BCUT2D eigenvalue weighted by Gasteiger charge is -2.39. The van der Waals surface area contributed by atoms with Gasteiger partial charge in [0.25, 0.3) is 5.91 Å². The monoisotopic (exact) mass is 650 g/mol. The van der Waals surface area contributed by atoms with Crippen LogP contribution in [0.5, 0.6) is 0 Å². The highest BCUT2D eigenvalue weighted by molar-refractivity contribution is 7.99. The van der Waals surface area contributed by atoms with E-state index < -0.39 is 17.5 Å². The first-order chi connectivity index (χ1) is 21.9. The third kappa shape index (κ3) is 7.87. The maximum atomic E-state index is 14.0. The SMILES string of the molecule is O=C(NC1(C(=O)N[C@H](Cc2ccccc2)C(=O)NCC2CCN(C3CCSCC3)CC2)CCCC1)c1cc2cc(Cl)ccc2o1. The van der Waals surface area contributed by atoms with Gasteiger partial charge in [-0.05, 0) is 98.9 Å². The second-order valence-electron chi connectivity index (χ2n) is 12.8. The molecule has 45 heavy (non-hydrogen) atoms. The summed E-state index contributed by atoms with van der Waals surface area (Å²) in [6, 6.07) is 16.5. The van der Waals surface area contributed by atoms with Gasteiger partial charge in [0.05, 0.1) is 0 Å². The van der Waals surface area contributed by atoms with E-state index in [4.69, 9.17) is 16.0 Å². The molecule has 0 unspecified atom stereocenters.